The molecule has 116 valence electrons. The summed E-state index contributed by atoms with van der Waals surface area (Å²) >= 11 is 0. The van der Waals surface area contributed by atoms with Crippen LogP contribution in [0, 0.1) is 11.8 Å². The Morgan fingerprint density at radius 1 is 1.00 bits per heavy atom. The van der Waals surface area contributed by atoms with E-state index in [1.54, 1.807) is 5.57 Å². The fourth-order valence-corrected chi connectivity index (χ4v) is 2.71. The molecule has 0 aliphatic carbocycles. The highest BCUT2D eigenvalue weighted by Crippen LogP contribution is 2.22. The Balaban J connectivity index is 2.71. The van der Waals surface area contributed by atoms with Crippen molar-refractivity contribution in [3.05, 3.63) is 58.7 Å². The van der Waals surface area contributed by atoms with Gasteiger partial charge in [-0.15, -0.1) is 0 Å². The fraction of sp³-hybridized carbons (Fsp3) is 0.524. The van der Waals surface area contributed by atoms with Crippen LogP contribution in [0.3, 0.4) is 0 Å². The number of benzene rings is 1. The minimum Gasteiger partial charge on any atom is -0.0828 e. The van der Waals surface area contributed by atoms with Crippen molar-refractivity contribution in [2.24, 2.45) is 11.8 Å². The predicted molar refractivity (Wildman–Crippen MR) is 95.7 cm³/mol. The summed E-state index contributed by atoms with van der Waals surface area (Å²) in [5.74, 6) is 1.32. The largest absolute Gasteiger partial charge is 0.0828 e. The zero-order valence-electron chi connectivity index (χ0n) is 14.7. The van der Waals surface area contributed by atoms with Gasteiger partial charge in [-0.05, 0) is 63.0 Å². The first-order valence-electron chi connectivity index (χ1n) is 8.31. The molecule has 0 saturated carbocycles. The van der Waals surface area contributed by atoms with Gasteiger partial charge in [-0.25, -0.2) is 0 Å². The van der Waals surface area contributed by atoms with E-state index in [0.717, 1.165) is 12.8 Å². The van der Waals surface area contributed by atoms with Gasteiger partial charge in [0.25, 0.3) is 0 Å². The summed E-state index contributed by atoms with van der Waals surface area (Å²) in [7, 11) is 0. The van der Waals surface area contributed by atoms with Crippen LogP contribution in [-0.4, -0.2) is 0 Å². The van der Waals surface area contributed by atoms with Gasteiger partial charge in [0.15, 0.2) is 0 Å². The van der Waals surface area contributed by atoms with Crippen LogP contribution < -0.4 is 0 Å². The average Bonchev–Trinajstić information content (AvgIpc) is 2.42. The molecular weight excluding hydrogens is 252 g/mol. The molecule has 0 saturated heterocycles. The second-order valence-corrected chi connectivity index (χ2v) is 6.77. The molecule has 0 heteroatoms. The van der Waals surface area contributed by atoms with E-state index in [1.807, 2.05) is 0 Å². The quantitative estimate of drug-likeness (QED) is 0.511. The van der Waals surface area contributed by atoms with E-state index in [0.29, 0.717) is 11.8 Å². The number of rotatable bonds is 7. The maximum atomic E-state index is 2.41. The second-order valence-electron chi connectivity index (χ2n) is 6.77. The molecule has 0 nitrogen and oxygen atoms in total. The van der Waals surface area contributed by atoms with E-state index >= 15 is 0 Å². The van der Waals surface area contributed by atoms with Gasteiger partial charge in [-0.1, -0.05) is 68.3 Å². The van der Waals surface area contributed by atoms with Gasteiger partial charge >= 0.3 is 0 Å². The first kappa shape index (κ1) is 17.8. The third kappa shape index (κ3) is 6.80. The second kappa shape index (κ2) is 8.87. The summed E-state index contributed by atoms with van der Waals surface area (Å²) in [5, 5.41) is 0. The molecule has 0 spiro atoms. The van der Waals surface area contributed by atoms with Crippen molar-refractivity contribution in [2.45, 2.75) is 60.8 Å². The Bertz CT molecular complexity index is 467. The number of allylic oxidation sites excluding steroid dienone is 4. The number of hydrogen-bond donors (Lipinski definition) is 0. The standard InChI is InChI=1S/C21H32/c1-7-21(18(6)14-17(4)5)15-20-12-10-19(11-13-20)9-8-16(2)3/h8,10-14,17,21H,7,9,15H2,1-6H3. The topological polar surface area (TPSA) is 0 Å². The molecule has 0 amide bonds. The highest BCUT2D eigenvalue weighted by molar-refractivity contribution is 5.26. The van der Waals surface area contributed by atoms with Crippen LogP contribution in [0.2, 0.25) is 0 Å². The Labute approximate surface area is 132 Å². The summed E-state index contributed by atoms with van der Waals surface area (Å²) in [6.45, 7) is 13.4. The van der Waals surface area contributed by atoms with Gasteiger partial charge in [0.1, 0.15) is 0 Å². The molecule has 0 heterocycles. The fourth-order valence-electron chi connectivity index (χ4n) is 2.71. The number of hydrogen-bond acceptors (Lipinski definition) is 0. The Hall–Kier alpha value is -1.30. The van der Waals surface area contributed by atoms with Gasteiger partial charge in [0, 0.05) is 0 Å². The van der Waals surface area contributed by atoms with Crippen molar-refractivity contribution >= 4 is 0 Å². The molecule has 1 atom stereocenters. The summed E-state index contributed by atoms with van der Waals surface area (Å²) in [6, 6.07) is 9.17. The van der Waals surface area contributed by atoms with Crippen molar-refractivity contribution in [2.75, 3.05) is 0 Å². The van der Waals surface area contributed by atoms with Gasteiger partial charge < -0.3 is 0 Å². The summed E-state index contributed by atoms with van der Waals surface area (Å²) < 4.78 is 0. The Morgan fingerprint density at radius 2 is 1.57 bits per heavy atom. The van der Waals surface area contributed by atoms with Crippen LogP contribution in [0.15, 0.2) is 47.6 Å². The van der Waals surface area contributed by atoms with Crippen LogP contribution in [-0.2, 0) is 12.8 Å². The third-order valence-corrected chi connectivity index (χ3v) is 3.98. The van der Waals surface area contributed by atoms with Gasteiger partial charge in [-0.3, -0.25) is 0 Å². The lowest BCUT2D eigenvalue weighted by molar-refractivity contribution is 0.580. The van der Waals surface area contributed by atoms with Crippen molar-refractivity contribution in [3.8, 4) is 0 Å². The third-order valence-electron chi connectivity index (χ3n) is 3.98. The minimum absolute atomic E-state index is 0.644. The molecule has 0 N–H and O–H groups in total. The molecule has 21 heavy (non-hydrogen) atoms. The molecule has 0 fully saturated rings. The van der Waals surface area contributed by atoms with E-state index in [-0.39, 0.29) is 0 Å². The smallest absolute Gasteiger partial charge is 0.00950 e. The van der Waals surface area contributed by atoms with Crippen LogP contribution in [0.1, 0.15) is 59.1 Å². The minimum atomic E-state index is 0.644. The lowest BCUT2D eigenvalue weighted by atomic mass is 9.88. The summed E-state index contributed by atoms with van der Waals surface area (Å²) in [5.41, 5.74) is 5.79. The molecule has 1 unspecified atom stereocenters. The molecule has 1 aromatic carbocycles. The molecule has 0 bridgehead atoms. The van der Waals surface area contributed by atoms with E-state index in [2.05, 4.69) is 78.0 Å². The predicted octanol–water partition coefficient (Wildman–Crippen LogP) is 6.37. The van der Waals surface area contributed by atoms with Gasteiger partial charge in [-0.2, -0.15) is 0 Å². The normalized spacial score (nSPS) is 13.4. The molecule has 1 aromatic rings. The Kier molecular flexibility index (Phi) is 7.50. The SMILES string of the molecule is CCC(Cc1ccc(CC=C(C)C)cc1)C(C)=CC(C)C. The van der Waals surface area contributed by atoms with Crippen LogP contribution in [0.25, 0.3) is 0 Å². The lowest BCUT2D eigenvalue weighted by Gasteiger charge is -2.17. The maximum absolute atomic E-state index is 2.41. The zero-order valence-corrected chi connectivity index (χ0v) is 14.7. The molecule has 0 aromatic heterocycles. The highest BCUT2D eigenvalue weighted by Gasteiger charge is 2.10. The van der Waals surface area contributed by atoms with E-state index in [9.17, 15) is 0 Å². The van der Waals surface area contributed by atoms with Crippen LogP contribution in [0.4, 0.5) is 0 Å². The van der Waals surface area contributed by atoms with Gasteiger partial charge in [0.05, 0.1) is 0 Å². The molecule has 1 rings (SSSR count). The monoisotopic (exact) mass is 284 g/mol. The van der Waals surface area contributed by atoms with Crippen molar-refractivity contribution < 1.29 is 0 Å². The van der Waals surface area contributed by atoms with E-state index < -0.39 is 0 Å². The maximum Gasteiger partial charge on any atom is -0.00950 e. The van der Waals surface area contributed by atoms with Crippen molar-refractivity contribution in [1.29, 1.82) is 0 Å². The molecular formula is C21H32. The van der Waals surface area contributed by atoms with Gasteiger partial charge in [0.2, 0.25) is 0 Å². The van der Waals surface area contributed by atoms with E-state index in [4.69, 9.17) is 0 Å². The van der Waals surface area contributed by atoms with Crippen LogP contribution >= 0.6 is 0 Å². The van der Waals surface area contributed by atoms with Crippen molar-refractivity contribution in [3.63, 3.8) is 0 Å². The van der Waals surface area contributed by atoms with Crippen LogP contribution in [0.5, 0.6) is 0 Å². The average molecular weight is 284 g/mol. The Morgan fingerprint density at radius 3 is 2.05 bits per heavy atom. The molecule has 0 aliphatic heterocycles. The summed E-state index contributed by atoms with van der Waals surface area (Å²) in [4.78, 5) is 0. The highest BCUT2D eigenvalue weighted by atomic mass is 14.1. The van der Waals surface area contributed by atoms with E-state index in [1.165, 1.54) is 23.1 Å². The van der Waals surface area contributed by atoms with Crippen molar-refractivity contribution in [1.82, 2.24) is 0 Å². The summed E-state index contributed by atoms with van der Waals surface area (Å²) in [6.07, 6.45) is 8.13. The molecule has 0 radical (unpaired) electrons. The first-order chi connectivity index (χ1) is 9.92. The molecule has 0 aliphatic rings. The zero-order chi connectivity index (χ0) is 15.8. The lowest BCUT2D eigenvalue weighted by Crippen LogP contribution is -2.06. The first-order valence-corrected chi connectivity index (χ1v) is 8.31.